The van der Waals surface area contributed by atoms with E-state index in [1.54, 1.807) is 0 Å². The van der Waals surface area contributed by atoms with E-state index < -0.39 is 50.1 Å². The normalized spacial score (nSPS) is 16.2. The van der Waals surface area contributed by atoms with Gasteiger partial charge in [-0.3, -0.25) is 4.79 Å². The van der Waals surface area contributed by atoms with Crippen LogP contribution in [-0.4, -0.2) is 49.7 Å². The highest BCUT2D eigenvalue weighted by Gasteiger charge is 2.39. The zero-order valence-electron chi connectivity index (χ0n) is 17.0. The van der Waals surface area contributed by atoms with Gasteiger partial charge in [0.1, 0.15) is 5.82 Å². The molecule has 1 fully saturated rings. The van der Waals surface area contributed by atoms with Crippen LogP contribution in [0.5, 0.6) is 0 Å². The Morgan fingerprint density at radius 3 is 1.82 bits per heavy atom. The first-order valence-electron chi connectivity index (χ1n) is 9.46. The van der Waals surface area contributed by atoms with Gasteiger partial charge in [-0.2, -0.15) is 30.6 Å². The van der Waals surface area contributed by atoms with Crippen molar-refractivity contribution in [3.05, 3.63) is 64.5 Å². The first-order chi connectivity index (χ1) is 15.1. The number of alkyl halides is 6. The number of benzene rings is 2. The highest BCUT2D eigenvalue weighted by molar-refractivity contribution is 7.89. The molecule has 1 amide bonds. The number of hydrogen-bond acceptors (Lipinski definition) is 3. The average Bonchev–Trinajstić information content (AvgIpc) is 2.73. The zero-order valence-corrected chi connectivity index (χ0v) is 17.8. The van der Waals surface area contributed by atoms with E-state index >= 15 is 0 Å². The fourth-order valence-electron chi connectivity index (χ4n) is 3.32. The van der Waals surface area contributed by atoms with Crippen LogP contribution in [0.25, 0.3) is 0 Å². The Hall–Kier alpha value is -2.67. The minimum Gasteiger partial charge on any atom is -0.336 e. The van der Waals surface area contributed by atoms with Crippen molar-refractivity contribution in [3.8, 4) is 0 Å². The van der Waals surface area contributed by atoms with Gasteiger partial charge >= 0.3 is 12.4 Å². The van der Waals surface area contributed by atoms with Crippen molar-refractivity contribution in [1.29, 1.82) is 0 Å². The standard InChI is InChI=1S/C20H17F7N2O3S/c1-12-8-13(2-3-17(12)21)18(30)28-4-6-29(7-5-28)33(31,32)16-10-14(19(22,23)24)9-15(11-16)20(25,26)27/h2-3,8-11H,4-7H2,1H3. The molecule has 1 aliphatic rings. The molecular formula is C20H17F7N2O3S. The average molecular weight is 498 g/mol. The fraction of sp³-hybridized carbons (Fsp3) is 0.350. The molecule has 0 aromatic heterocycles. The van der Waals surface area contributed by atoms with Gasteiger partial charge in [-0.05, 0) is 48.9 Å². The van der Waals surface area contributed by atoms with E-state index in [9.17, 15) is 43.9 Å². The number of aryl methyl sites for hydroxylation is 1. The number of sulfonamides is 1. The van der Waals surface area contributed by atoms with E-state index in [0.29, 0.717) is 0 Å². The molecular weight excluding hydrogens is 481 g/mol. The summed E-state index contributed by atoms with van der Waals surface area (Å²) >= 11 is 0. The van der Waals surface area contributed by atoms with Crippen LogP contribution < -0.4 is 0 Å². The second-order valence-corrected chi connectivity index (χ2v) is 9.34. The summed E-state index contributed by atoms with van der Waals surface area (Å²) in [5.74, 6) is -1.02. The molecule has 0 radical (unpaired) electrons. The van der Waals surface area contributed by atoms with Gasteiger partial charge in [0.05, 0.1) is 16.0 Å². The molecule has 0 aliphatic carbocycles. The molecule has 2 aromatic carbocycles. The number of carbonyl (C=O) groups is 1. The first kappa shape index (κ1) is 25.0. The van der Waals surface area contributed by atoms with Crippen LogP contribution in [0.2, 0.25) is 0 Å². The van der Waals surface area contributed by atoms with Crippen molar-refractivity contribution in [2.45, 2.75) is 24.2 Å². The van der Waals surface area contributed by atoms with E-state index in [2.05, 4.69) is 0 Å². The monoisotopic (exact) mass is 498 g/mol. The number of carbonyl (C=O) groups excluding carboxylic acids is 1. The molecule has 2 aromatic rings. The molecule has 0 bridgehead atoms. The lowest BCUT2D eigenvalue weighted by molar-refractivity contribution is -0.143. The molecule has 0 atom stereocenters. The SMILES string of the molecule is Cc1cc(C(=O)N2CCN(S(=O)(=O)c3cc(C(F)(F)F)cc(C(F)(F)F)c3)CC2)ccc1F. The minimum absolute atomic E-state index is 0.152. The van der Waals surface area contributed by atoms with Crippen molar-refractivity contribution in [2.24, 2.45) is 0 Å². The Balaban J connectivity index is 1.84. The van der Waals surface area contributed by atoms with E-state index in [-0.39, 0.29) is 55.5 Å². The number of nitrogens with zero attached hydrogens (tertiary/aromatic N) is 2. The van der Waals surface area contributed by atoms with Crippen LogP contribution in [0, 0.1) is 12.7 Å². The maximum atomic E-state index is 13.4. The third-order valence-electron chi connectivity index (χ3n) is 5.13. The van der Waals surface area contributed by atoms with Crippen LogP contribution in [-0.2, 0) is 22.4 Å². The summed E-state index contributed by atoms with van der Waals surface area (Å²) in [6.45, 7) is 0.470. The van der Waals surface area contributed by atoms with Crippen molar-refractivity contribution in [2.75, 3.05) is 26.2 Å². The second-order valence-electron chi connectivity index (χ2n) is 7.40. The molecule has 1 heterocycles. The van der Waals surface area contributed by atoms with Crippen molar-refractivity contribution >= 4 is 15.9 Å². The van der Waals surface area contributed by atoms with E-state index in [1.807, 2.05) is 0 Å². The summed E-state index contributed by atoms with van der Waals surface area (Å²) in [5, 5.41) is 0. The minimum atomic E-state index is -5.19. The Labute approximate surface area is 184 Å². The molecule has 180 valence electrons. The number of rotatable bonds is 3. The van der Waals surface area contributed by atoms with Gasteiger partial charge in [-0.1, -0.05) is 0 Å². The van der Waals surface area contributed by atoms with Gasteiger partial charge in [0.2, 0.25) is 10.0 Å². The lowest BCUT2D eigenvalue weighted by Gasteiger charge is -2.34. The molecule has 0 saturated carbocycles. The zero-order chi connectivity index (χ0) is 24.8. The van der Waals surface area contributed by atoms with Crippen molar-refractivity contribution in [1.82, 2.24) is 9.21 Å². The van der Waals surface area contributed by atoms with Crippen LogP contribution in [0.4, 0.5) is 30.7 Å². The number of amides is 1. The maximum Gasteiger partial charge on any atom is 0.416 e. The highest BCUT2D eigenvalue weighted by Crippen LogP contribution is 2.37. The first-order valence-corrected chi connectivity index (χ1v) is 10.9. The van der Waals surface area contributed by atoms with Gasteiger partial charge in [0.15, 0.2) is 0 Å². The van der Waals surface area contributed by atoms with Gasteiger partial charge < -0.3 is 4.90 Å². The summed E-state index contributed by atoms with van der Waals surface area (Å²) in [6, 6.07) is 3.85. The Morgan fingerprint density at radius 1 is 0.848 bits per heavy atom. The molecule has 1 saturated heterocycles. The Morgan fingerprint density at radius 2 is 1.36 bits per heavy atom. The van der Waals surface area contributed by atoms with Crippen LogP contribution in [0.3, 0.4) is 0 Å². The molecule has 13 heteroatoms. The highest BCUT2D eigenvalue weighted by atomic mass is 32.2. The van der Waals surface area contributed by atoms with Crippen molar-refractivity contribution < 1.29 is 43.9 Å². The smallest absolute Gasteiger partial charge is 0.336 e. The summed E-state index contributed by atoms with van der Waals surface area (Å²) in [6.07, 6.45) is -10.4. The number of piperazine rings is 1. The predicted molar refractivity (Wildman–Crippen MR) is 102 cm³/mol. The molecule has 0 N–H and O–H groups in total. The molecule has 3 rings (SSSR count). The topological polar surface area (TPSA) is 57.7 Å². The summed E-state index contributed by atoms with van der Waals surface area (Å²) in [7, 11) is -4.71. The molecule has 0 unspecified atom stereocenters. The van der Waals surface area contributed by atoms with E-state index in [0.717, 1.165) is 10.4 Å². The summed E-state index contributed by atoms with van der Waals surface area (Å²) in [4.78, 5) is 12.7. The van der Waals surface area contributed by atoms with E-state index in [1.165, 1.54) is 24.0 Å². The van der Waals surface area contributed by atoms with Gasteiger partial charge in [-0.15, -0.1) is 0 Å². The van der Waals surface area contributed by atoms with E-state index in [4.69, 9.17) is 0 Å². The molecule has 5 nitrogen and oxygen atoms in total. The Bertz CT molecular complexity index is 1140. The second kappa shape index (κ2) is 8.60. The van der Waals surface area contributed by atoms with Gasteiger partial charge in [-0.25, -0.2) is 12.8 Å². The number of halogens is 7. The number of hydrogen-bond donors (Lipinski definition) is 0. The van der Waals surface area contributed by atoms with Crippen LogP contribution in [0.1, 0.15) is 27.0 Å². The predicted octanol–water partition coefficient (Wildman–Crippen LogP) is 4.32. The third kappa shape index (κ3) is 5.29. The largest absolute Gasteiger partial charge is 0.416 e. The lowest BCUT2D eigenvalue weighted by atomic mass is 10.1. The fourth-order valence-corrected chi connectivity index (χ4v) is 4.81. The van der Waals surface area contributed by atoms with Crippen LogP contribution >= 0.6 is 0 Å². The van der Waals surface area contributed by atoms with Crippen LogP contribution in [0.15, 0.2) is 41.3 Å². The third-order valence-corrected chi connectivity index (χ3v) is 7.01. The summed E-state index contributed by atoms with van der Waals surface area (Å²) < 4.78 is 118. The van der Waals surface area contributed by atoms with Gasteiger partial charge in [0.25, 0.3) is 5.91 Å². The lowest BCUT2D eigenvalue weighted by Crippen LogP contribution is -2.50. The van der Waals surface area contributed by atoms with Gasteiger partial charge in [0, 0.05) is 31.7 Å². The molecule has 0 spiro atoms. The molecule has 33 heavy (non-hydrogen) atoms. The van der Waals surface area contributed by atoms with Crippen molar-refractivity contribution in [3.63, 3.8) is 0 Å². The summed E-state index contributed by atoms with van der Waals surface area (Å²) in [5.41, 5.74) is -3.09. The molecule has 1 aliphatic heterocycles. The Kier molecular flexibility index (Phi) is 6.50. The quantitative estimate of drug-likeness (QED) is 0.593. The maximum absolute atomic E-state index is 13.4.